The van der Waals surface area contributed by atoms with Crippen LogP contribution < -0.4 is 15.4 Å². The van der Waals surface area contributed by atoms with Crippen LogP contribution in [0.3, 0.4) is 0 Å². The Bertz CT molecular complexity index is 939. The number of amides is 2. The molecule has 0 aliphatic carbocycles. The average Bonchev–Trinajstić information content (AvgIpc) is 2.64. The zero-order valence-electron chi connectivity index (χ0n) is 16.1. The van der Waals surface area contributed by atoms with E-state index in [1.165, 1.54) is 38.1 Å². The second kappa shape index (κ2) is 9.36. The van der Waals surface area contributed by atoms with Crippen molar-refractivity contribution in [1.29, 1.82) is 0 Å². The van der Waals surface area contributed by atoms with E-state index >= 15 is 0 Å². The number of rotatable bonds is 8. The summed E-state index contributed by atoms with van der Waals surface area (Å²) in [6.45, 7) is 5.07. The van der Waals surface area contributed by atoms with Crippen molar-refractivity contribution in [2.24, 2.45) is 0 Å². The summed E-state index contributed by atoms with van der Waals surface area (Å²) < 4.78 is 30.8. The van der Waals surface area contributed by atoms with Crippen LogP contribution in [0, 0.1) is 6.92 Å². The largest absolute Gasteiger partial charge is 0.492 e. The Morgan fingerprint density at radius 3 is 2.39 bits per heavy atom. The van der Waals surface area contributed by atoms with E-state index in [0.717, 1.165) is 5.56 Å². The van der Waals surface area contributed by atoms with Gasteiger partial charge in [0, 0.05) is 12.6 Å². The Labute approximate surface area is 165 Å². The average molecular weight is 404 g/mol. The number of sulfone groups is 1. The number of carbonyl (C=O) groups is 2. The lowest BCUT2D eigenvalue weighted by Gasteiger charge is -2.14. The molecule has 0 spiro atoms. The molecule has 2 aromatic carbocycles. The predicted octanol–water partition coefficient (Wildman–Crippen LogP) is 2.31. The minimum atomic E-state index is -3.84. The number of benzene rings is 2. The van der Waals surface area contributed by atoms with Crippen LogP contribution in [0.5, 0.6) is 5.75 Å². The van der Waals surface area contributed by atoms with Crippen LogP contribution in [0.25, 0.3) is 0 Å². The highest BCUT2D eigenvalue weighted by Crippen LogP contribution is 2.19. The van der Waals surface area contributed by atoms with Crippen molar-refractivity contribution in [1.82, 2.24) is 5.32 Å². The minimum absolute atomic E-state index is 0.0141. The first-order valence-corrected chi connectivity index (χ1v) is 10.3. The molecule has 0 fully saturated rings. The Balaban J connectivity index is 1.90. The lowest BCUT2D eigenvalue weighted by molar-refractivity contribution is -0.120. The molecule has 0 aromatic heterocycles. The molecule has 2 rings (SSSR count). The van der Waals surface area contributed by atoms with Gasteiger partial charge in [0.05, 0.1) is 11.4 Å². The van der Waals surface area contributed by atoms with Crippen LogP contribution in [-0.2, 0) is 19.4 Å². The smallest absolute Gasteiger partial charge is 0.238 e. The van der Waals surface area contributed by atoms with Gasteiger partial charge in [0.25, 0.3) is 0 Å². The number of hydrogen-bond donors (Lipinski definition) is 2. The van der Waals surface area contributed by atoms with Crippen LogP contribution in [0.1, 0.15) is 19.4 Å². The van der Waals surface area contributed by atoms with Crippen LogP contribution in [0.2, 0.25) is 0 Å². The van der Waals surface area contributed by atoms with Gasteiger partial charge in [-0.1, -0.05) is 12.1 Å². The maximum atomic E-state index is 12.6. The lowest BCUT2D eigenvalue weighted by atomic mass is 10.2. The molecule has 0 heterocycles. The van der Waals surface area contributed by atoms with E-state index in [4.69, 9.17) is 4.74 Å². The summed E-state index contributed by atoms with van der Waals surface area (Å²) in [7, 11) is -3.84. The number of nitrogens with one attached hydrogen (secondary N) is 2. The molecule has 0 bridgehead atoms. The summed E-state index contributed by atoms with van der Waals surface area (Å²) in [5.74, 6) is -0.163. The maximum absolute atomic E-state index is 12.6. The lowest BCUT2D eigenvalue weighted by Crippen LogP contribution is -2.39. The summed E-state index contributed by atoms with van der Waals surface area (Å²) in [5, 5.41) is 3.89. The molecule has 1 atom stereocenters. The Hall–Kier alpha value is -2.87. The quantitative estimate of drug-likeness (QED) is 0.658. The van der Waals surface area contributed by atoms with Gasteiger partial charge in [-0.15, -0.1) is 0 Å². The second-order valence-electron chi connectivity index (χ2n) is 6.35. The van der Waals surface area contributed by atoms with Crippen molar-refractivity contribution in [2.75, 3.05) is 18.5 Å². The van der Waals surface area contributed by atoms with Gasteiger partial charge in [0.15, 0.2) is 9.84 Å². The van der Waals surface area contributed by atoms with Gasteiger partial charge in [-0.05, 0) is 55.8 Å². The molecule has 2 N–H and O–H groups in total. The first-order valence-electron chi connectivity index (χ1n) is 8.79. The number of anilines is 1. The van der Waals surface area contributed by atoms with Crippen molar-refractivity contribution in [2.45, 2.75) is 30.9 Å². The van der Waals surface area contributed by atoms with Gasteiger partial charge < -0.3 is 15.4 Å². The standard InChI is InChI=1S/C20H24N2O5S/c1-14-5-4-6-18(13-14)27-12-11-21-20(24)15(2)28(25,26)19-9-7-17(8-10-19)22-16(3)23/h4-10,13,15H,11-12H2,1-3H3,(H,21,24)(H,22,23)/t15-/m1/s1. The van der Waals surface area contributed by atoms with Crippen LogP contribution >= 0.6 is 0 Å². The van der Waals surface area contributed by atoms with Crippen LogP contribution in [0.4, 0.5) is 5.69 Å². The van der Waals surface area contributed by atoms with E-state index in [9.17, 15) is 18.0 Å². The number of aryl methyl sites for hydroxylation is 1. The van der Waals surface area contributed by atoms with E-state index in [1.54, 1.807) is 0 Å². The summed E-state index contributed by atoms with van der Waals surface area (Å²) in [6.07, 6.45) is 0. The van der Waals surface area contributed by atoms with Crippen molar-refractivity contribution in [3.63, 3.8) is 0 Å². The molecule has 2 amide bonds. The highest BCUT2D eigenvalue weighted by Gasteiger charge is 2.29. The maximum Gasteiger partial charge on any atom is 0.238 e. The molecule has 150 valence electrons. The molecule has 0 aliphatic heterocycles. The minimum Gasteiger partial charge on any atom is -0.492 e. The van der Waals surface area contributed by atoms with Crippen molar-refractivity contribution in [3.05, 3.63) is 54.1 Å². The Morgan fingerprint density at radius 2 is 1.79 bits per heavy atom. The summed E-state index contributed by atoms with van der Waals surface area (Å²) in [5.41, 5.74) is 1.54. The van der Waals surface area contributed by atoms with Crippen LogP contribution in [-0.4, -0.2) is 38.6 Å². The topological polar surface area (TPSA) is 102 Å². The first kappa shape index (κ1) is 21.4. The van der Waals surface area contributed by atoms with E-state index in [-0.39, 0.29) is 24.0 Å². The number of carbonyl (C=O) groups excluding carboxylic acids is 2. The van der Waals surface area contributed by atoms with Gasteiger partial charge in [0.2, 0.25) is 11.8 Å². The third kappa shape index (κ3) is 5.82. The van der Waals surface area contributed by atoms with E-state index in [0.29, 0.717) is 11.4 Å². The van der Waals surface area contributed by atoms with Gasteiger partial charge >= 0.3 is 0 Å². The molecule has 0 unspecified atom stereocenters. The third-order valence-electron chi connectivity index (χ3n) is 4.00. The molecule has 7 nitrogen and oxygen atoms in total. The number of hydrogen-bond acceptors (Lipinski definition) is 5. The van der Waals surface area contributed by atoms with Gasteiger partial charge in [-0.3, -0.25) is 9.59 Å². The van der Waals surface area contributed by atoms with Crippen LogP contribution in [0.15, 0.2) is 53.4 Å². The van der Waals surface area contributed by atoms with Gasteiger partial charge in [-0.2, -0.15) is 0 Å². The normalized spacial score (nSPS) is 12.1. The molecule has 2 aromatic rings. The molecule has 0 saturated carbocycles. The SMILES string of the molecule is CC(=O)Nc1ccc(S(=O)(=O)[C@H](C)C(=O)NCCOc2cccc(C)c2)cc1. The number of ether oxygens (including phenoxy) is 1. The fourth-order valence-electron chi connectivity index (χ4n) is 2.47. The molecular formula is C20H24N2O5S. The van der Waals surface area contributed by atoms with E-state index < -0.39 is 21.0 Å². The molecule has 0 aliphatic rings. The molecular weight excluding hydrogens is 380 g/mol. The molecule has 0 saturated heterocycles. The van der Waals surface area contributed by atoms with E-state index in [2.05, 4.69) is 10.6 Å². The van der Waals surface area contributed by atoms with Gasteiger partial charge in [-0.25, -0.2) is 8.42 Å². The highest BCUT2D eigenvalue weighted by atomic mass is 32.2. The summed E-state index contributed by atoms with van der Waals surface area (Å²) in [4.78, 5) is 23.3. The molecule has 0 radical (unpaired) electrons. The third-order valence-corrected chi connectivity index (χ3v) is 6.07. The van der Waals surface area contributed by atoms with Crippen molar-refractivity contribution in [3.8, 4) is 5.75 Å². The Morgan fingerprint density at radius 1 is 1.11 bits per heavy atom. The first-order chi connectivity index (χ1) is 13.2. The molecule has 28 heavy (non-hydrogen) atoms. The fourth-order valence-corrected chi connectivity index (χ4v) is 3.76. The monoisotopic (exact) mass is 404 g/mol. The van der Waals surface area contributed by atoms with E-state index in [1.807, 2.05) is 31.2 Å². The Kier molecular flexibility index (Phi) is 7.17. The van der Waals surface area contributed by atoms with Crippen molar-refractivity contribution >= 4 is 27.3 Å². The summed E-state index contributed by atoms with van der Waals surface area (Å²) in [6, 6.07) is 13.2. The predicted molar refractivity (Wildman–Crippen MR) is 107 cm³/mol. The van der Waals surface area contributed by atoms with Crippen molar-refractivity contribution < 1.29 is 22.7 Å². The highest BCUT2D eigenvalue weighted by molar-refractivity contribution is 7.92. The zero-order chi connectivity index (χ0) is 20.7. The fraction of sp³-hybridized carbons (Fsp3) is 0.300. The zero-order valence-corrected chi connectivity index (χ0v) is 16.9. The van der Waals surface area contributed by atoms with Gasteiger partial charge in [0.1, 0.15) is 17.6 Å². The summed E-state index contributed by atoms with van der Waals surface area (Å²) >= 11 is 0. The molecule has 8 heteroatoms. The second-order valence-corrected chi connectivity index (χ2v) is 8.62.